The number of nitrogens with zero attached hydrogens (tertiary/aromatic N) is 3. The number of nitrogens with one attached hydrogen (secondary N) is 1. The summed E-state index contributed by atoms with van der Waals surface area (Å²) in [6, 6.07) is 2.54. The van der Waals surface area contributed by atoms with Crippen molar-refractivity contribution >= 4 is 28.5 Å². The van der Waals surface area contributed by atoms with Crippen molar-refractivity contribution in [2.75, 3.05) is 25.1 Å². The Bertz CT molecular complexity index is 1100. The summed E-state index contributed by atoms with van der Waals surface area (Å²) in [5, 5.41) is 5.82. The van der Waals surface area contributed by atoms with Gasteiger partial charge in [-0.05, 0) is 26.3 Å². The Morgan fingerprint density at radius 3 is 2.55 bits per heavy atom. The second-order valence-corrected chi connectivity index (χ2v) is 9.17. The van der Waals surface area contributed by atoms with E-state index < -0.39 is 17.7 Å². The maximum atomic E-state index is 13.4. The van der Waals surface area contributed by atoms with E-state index in [9.17, 15) is 13.2 Å². The third kappa shape index (κ3) is 3.64. The second-order valence-electron chi connectivity index (χ2n) is 8.28. The molecular weight excluding hydrogens is 433 g/mol. The van der Waals surface area contributed by atoms with Gasteiger partial charge >= 0.3 is 6.36 Å². The lowest BCUT2D eigenvalue weighted by Gasteiger charge is -2.47. The fourth-order valence-corrected chi connectivity index (χ4v) is 4.80. The van der Waals surface area contributed by atoms with Crippen LogP contribution in [-0.4, -0.2) is 48.6 Å². The molecule has 3 saturated heterocycles. The quantitative estimate of drug-likeness (QED) is 0.617. The highest BCUT2D eigenvalue weighted by molar-refractivity contribution is 7.13. The van der Waals surface area contributed by atoms with Crippen LogP contribution in [0.2, 0.25) is 0 Å². The molecule has 2 bridgehead atoms. The first kappa shape index (κ1) is 20.5. The summed E-state index contributed by atoms with van der Waals surface area (Å²) >= 11 is 1.36. The van der Waals surface area contributed by atoms with Crippen LogP contribution in [0.25, 0.3) is 21.7 Å². The van der Waals surface area contributed by atoms with Crippen molar-refractivity contribution in [3.8, 4) is 16.3 Å². The highest BCUT2D eigenvalue weighted by Gasteiger charge is 2.41. The number of piperazine rings is 1. The molecule has 5 heterocycles. The molecule has 0 radical (unpaired) electrons. The third-order valence-electron chi connectivity index (χ3n) is 5.84. The standard InChI is InChI=1S/C20H21F3N4O3S/c1-19(2,28-3)13-7-12(17-24-4-5-31-17)15-14(16(13)30-20(21,22)23)26-18(29-15)27-8-10-6-11(9-27)25-10/h4-5,7,10-11,25H,6,8-9H2,1-3H3. The normalized spacial score (nSPS) is 21.4. The predicted octanol–water partition coefficient (Wildman–Crippen LogP) is 4.28. The molecule has 3 aromatic rings. The van der Waals surface area contributed by atoms with Crippen LogP contribution in [0, 0.1) is 0 Å². The summed E-state index contributed by atoms with van der Waals surface area (Å²) in [7, 11) is 1.44. The van der Waals surface area contributed by atoms with Crippen LogP contribution in [0.1, 0.15) is 25.8 Å². The molecule has 2 atom stereocenters. The van der Waals surface area contributed by atoms with E-state index in [1.807, 2.05) is 4.90 Å². The zero-order valence-electron chi connectivity index (χ0n) is 17.1. The lowest BCUT2D eigenvalue weighted by atomic mass is 9.92. The Morgan fingerprint density at radius 1 is 1.26 bits per heavy atom. The molecule has 2 aromatic heterocycles. The third-order valence-corrected chi connectivity index (χ3v) is 6.65. The molecule has 1 aromatic carbocycles. The Balaban J connectivity index is 1.74. The number of oxazole rings is 1. The van der Waals surface area contributed by atoms with Crippen molar-refractivity contribution in [3.63, 3.8) is 0 Å². The molecule has 1 N–H and O–H groups in total. The van der Waals surface area contributed by atoms with Crippen molar-refractivity contribution in [2.24, 2.45) is 0 Å². The van der Waals surface area contributed by atoms with Gasteiger partial charge in [0.05, 0.1) is 11.2 Å². The van der Waals surface area contributed by atoms with Crippen LogP contribution in [-0.2, 0) is 10.3 Å². The molecule has 2 unspecified atom stereocenters. The number of alkyl halides is 3. The summed E-state index contributed by atoms with van der Waals surface area (Å²) in [6.45, 7) is 4.71. The van der Waals surface area contributed by atoms with Gasteiger partial charge in [-0.3, -0.25) is 0 Å². The van der Waals surface area contributed by atoms with Crippen molar-refractivity contribution in [1.82, 2.24) is 15.3 Å². The average molecular weight is 454 g/mol. The molecule has 3 aliphatic heterocycles. The van der Waals surface area contributed by atoms with E-state index in [4.69, 9.17) is 9.15 Å². The van der Waals surface area contributed by atoms with E-state index in [-0.39, 0.29) is 22.7 Å². The largest absolute Gasteiger partial charge is 0.573 e. The van der Waals surface area contributed by atoms with E-state index in [0.29, 0.717) is 35.7 Å². The molecular formula is C20H21F3N4O3S. The minimum atomic E-state index is -4.90. The molecule has 3 fully saturated rings. The van der Waals surface area contributed by atoms with Crippen molar-refractivity contribution in [3.05, 3.63) is 23.2 Å². The number of hydrogen-bond donors (Lipinski definition) is 1. The molecule has 166 valence electrons. The number of halogens is 3. The van der Waals surface area contributed by atoms with Gasteiger partial charge in [-0.1, -0.05) is 0 Å². The number of thiazole rings is 1. The Morgan fingerprint density at radius 2 is 1.97 bits per heavy atom. The smallest absolute Gasteiger partial charge is 0.422 e. The van der Waals surface area contributed by atoms with Gasteiger partial charge in [0.15, 0.2) is 16.8 Å². The van der Waals surface area contributed by atoms with Crippen LogP contribution >= 0.6 is 11.3 Å². The van der Waals surface area contributed by atoms with Crippen molar-refractivity contribution in [1.29, 1.82) is 0 Å². The highest BCUT2D eigenvalue weighted by Crippen LogP contribution is 2.46. The molecule has 0 aliphatic carbocycles. The topological polar surface area (TPSA) is 72.7 Å². The van der Waals surface area contributed by atoms with Gasteiger partial charge in [-0.15, -0.1) is 24.5 Å². The predicted molar refractivity (Wildman–Crippen MR) is 109 cm³/mol. The fraction of sp³-hybridized carbons (Fsp3) is 0.500. The number of ether oxygens (including phenoxy) is 2. The Labute approximate surface area is 180 Å². The first-order valence-electron chi connectivity index (χ1n) is 9.84. The van der Waals surface area contributed by atoms with E-state index in [1.54, 1.807) is 31.5 Å². The van der Waals surface area contributed by atoms with Gasteiger partial charge in [-0.2, -0.15) is 4.98 Å². The minimum Gasteiger partial charge on any atom is -0.422 e. The first-order valence-corrected chi connectivity index (χ1v) is 10.7. The zero-order valence-corrected chi connectivity index (χ0v) is 17.9. The lowest BCUT2D eigenvalue weighted by Crippen LogP contribution is -2.67. The Hall–Kier alpha value is -2.37. The molecule has 3 aliphatic rings. The van der Waals surface area contributed by atoms with Crippen LogP contribution in [0.5, 0.6) is 5.75 Å². The van der Waals surface area contributed by atoms with E-state index in [0.717, 1.165) is 6.42 Å². The van der Waals surface area contributed by atoms with Crippen LogP contribution in [0.3, 0.4) is 0 Å². The summed E-state index contributed by atoms with van der Waals surface area (Å²) in [4.78, 5) is 10.8. The van der Waals surface area contributed by atoms with Crippen LogP contribution in [0.15, 0.2) is 22.1 Å². The van der Waals surface area contributed by atoms with Gasteiger partial charge in [0.2, 0.25) is 0 Å². The van der Waals surface area contributed by atoms with Crippen LogP contribution in [0.4, 0.5) is 19.2 Å². The van der Waals surface area contributed by atoms with Gasteiger partial charge in [0.1, 0.15) is 5.01 Å². The maximum Gasteiger partial charge on any atom is 0.573 e. The van der Waals surface area contributed by atoms with E-state index in [1.165, 1.54) is 18.4 Å². The summed E-state index contributed by atoms with van der Waals surface area (Å²) in [5.74, 6) is -0.412. The molecule has 0 amide bonds. The van der Waals surface area contributed by atoms with Gasteiger partial charge in [0, 0.05) is 49.4 Å². The number of benzene rings is 1. The molecule has 0 saturated carbocycles. The zero-order chi connectivity index (χ0) is 22.0. The van der Waals surface area contributed by atoms with Gasteiger partial charge in [0.25, 0.3) is 6.01 Å². The van der Waals surface area contributed by atoms with Crippen LogP contribution < -0.4 is 15.0 Å². The monoisotopic (exact) mass is 454 g/mol. The van der Waals surface area contributed by atoms with Gasteiger partial charge < -0.3 is 24.1 Å². The van der Waals surface area contributed by atoms with E-state index >= 15 is 0 Å². The number of aromatic nitrogens is 2. The number of hydrogen-bond acceptors (Lipinski definition) is 8. The number of rotatable bonds is 5. The number of piperidine rings is 1. The number of anilines is 1. The number of fused-ring (bicyclic) bond motifs is 3. The van der Waals surface area contributed by atoms with Crippen molar-refractivity contribution in [2.45, 2.75) is 44.3 Å². The molecule has 31 heavy (non-hydrogen) atoms. The number of methoxy groups -OCH3 is 1. The Kier molecular flexibility index (Phi) is 4.68. The maximum absolute atomic E-state index is 13.4. The van der Waals surface area contributed by atoms with Crippen molar-refractivity contribution < 1.29 is 27.1 Å². The molecule has 7 nitrogen and oxygen atoms in total. The highest BCUT2D eigenvalue weighted by atomic mass is 32.1. The van der Waals surface area contributed by atoms with E-state index in [2.05, 4.69) is 20.0 Å². The van der Waals surface area contributed by atoms with Gasteiger partial charge in [-0.25, -0.2) is 4.98 Å². The minimum absolute atomic E-state index is 0.00681. The SMILES string of the molecule is COC(C)(C)c1cc(-c2nccs2)c2oc(N3CC4CC(C3)N4)nc2c1OC(F)(F)F. The molecule has 11 heteroatoms. The summed E-state index contributed by atoms with van der Waals surface area (Å²) in [6.07, 6.45) is -2.19. The molecule has 6 rings (SSSR count). The summed E-state index contributed by atoms with van der Waals surface area (Å²) in [5.41, 5.74) is -0.0811. The summed E-state index contributed by atoms with van der Waals surface area (Å²) < 4.78 is 56.2. The second kappa shape index (κ2) is 7.07. The lowest BCUT2D eigenvalue weighted by molar-refractivity contribution is -0.274. The first-order chi connectivity index (χ1) is 14.6. The fourth-order valence-electron chi connectivity index (χ4n) is 4.14. The molecule has 0 spiro atoms. The average Bonchev–Trinajstić information content (AvgIpc) is 3.37.